The lowest BCUT2D eigenvalue weighted by atomic mass is 10.1. The number of anilines is 1. The molecule has 0 saturated carbocycles. The molecule has 0 unspecified atom stereocenters. The van der Waals surface area contributed by atoms with E-state index in [1.807, 2.05) is 38.1 Å². The van der Waals surface area contributed by atoms with Crippen molar-refractivity contribution in [3.8, 4) is 0 Å². The fourth-order valence-corrected chi connectivity index (χ4v) is 3.65. The first kappa shape index (κ1) is 19.4. The van der Waals surface area contributed by atoms with E-state index in [4.69, 9.17) is 4.42 Å². The highest BCUT2D eigenvalue weighted by molar-refractivity contribution is 5.76. The number of nitrogens with zero attached hydrogens (tertiary/aromatic N) is 1. The molecule has 5 nitrogen and oxygen atoms in total. The lowest BCUT2D eigenvalue weighted by Crippen LogP contribution is -3.15. The molecule has 1 saturated heterocycles. The zero-order chi connectivity index (χ0) is 19.2. The quantitative estimate of drug-likeness (QED) is 0.780. The fourth-order valence-electron chi connectivity index (χ4n) is 3.65. The average Bonchev–Trinajstić information content (AvgIpc) is 3.17. The number of quaternary nitrogens is 1. The van der Waals surface area contributed by atoms with Gasteiger partial charge in [0.25, 0.3) is 0 Å². The second-order valence-corrected chi connectivity index (χ2v) is 7.59. The Kier molecular flexibility index (Phi) is 6.50. The van der Waals surface area contributed by atoms with Crippen LogP contribution in [0.3, 0.4) is 0 Å². The maximum Gasteiger partial charge on any atom is 0.220 e. The molecule has 1 aliphatic heterocycles. The van der Waals surface area contributed by atoms with Gasteiger partial charge >= 0.3 is 0 Å². The predicted molar refractivity (Wildman–Crippen MR) is 103 cm³/mol. The van der Waals surface area contributed by atoms with Gasteiger partial charge in [0, 0.05) is 12.1 Å². The van der Waals surface area contributed by atoms with Gasteiger partial charge in [-0.1, -0.05) is 13.8 Å². The van der Waals surface area contributed by atoms with Crippen molar-refractivity contribution in [2.24, 2.45) is 5.92 Å². The number of furan rings is 1. The Balaban J connectivity index is 1.60. The fraction of sp³-hybridized carbons (Fsp3) is 0.476. The summed E-state index contributed by atoms with van der Waals surface area (Å²) >= 11 is 0. The Bertz CT molecular complexity index is 708. The summed E-state index contributed by atoms with van der Waals surface area (Å²) < 4.78 is 18.8. The Morgan fingerprint density at radius 1 is 1.22 bits per heavy atom. The van der Waals surface area contributed by atoms with E-state index in [2.05, 4.69) is 10.2 Å². The standard InChI is InChI=1S/C21H28FN3O2/c1-16(2)14-21(26)23-15-19(20-4-3-13-27-20)25-11-9-24(10-12-25)18-7-5-17(22)6-8-18/h3-8,13,16,19H,9-12,14-15H2,1-2H3,(H,23,26)/p+1/t19-/m1/s1. The van der Waals surface area contributed by atoms with Crippen molar-refractivity contribution >= 4 is 11.6 Å². The molecular weight excluding hydrogens is 345 g/mol. The van der Waals surface area contributed by atoms with Gasteiger partial charge in [0.05, 0.1) is 39.0 Å². The van der Waals surface area contributed by atoms with E-state index < -0.39 is 0 Å². The van der Waals surface area contributed by atoms with Crippen LogP contribution in [-0.2, 0) is 4.79 Å². The van der Waals surface area contributed by atoms with Gasteiger partial charge in [0.15, 0.2) is 11.8 Å². The molecule has 2 heterocycles. The molecule has 1 aliphatic rings. The molecule has 1 aromatic carbocycles. The lowest BCUT2D eigenvalue weighted by molar-refractivity contribution is -0.932. The van der Waals surface area contributed by atoms with E-state index in [0.717, 1.165) is 37.6 Å². The Hall–Kier alpha value is -2.34. The van der Waals surface area contributed by atoms with Gasteiger partial charge in [-0.3, -0.25) is 4.79 Å². The number of hydrogen-bond acceptors (Lipinski definition) is 3. The molecule has 0 bridgehead atoms. The number of amides is 1. The molecule has 1 amide bonds. The monoisotopic (exact) mass is 374 g/mol. The molecule has 3 rings (SSSR count). The van der Waals surface area contributed by atoms with Gasteiger partial charge in [0.2, 0.25) is 5.91 Å². The van der Waals surface area contributed by atoms with Crippen LogP contribution in [0.1, 0.15) is 32.1 Å². The van der Waals surface area contributed by atoms with E-state index >= 15 is 0 Å². The molecule has 27 heavy (non-hydrogen) atoms. The molecular formula is C21H29FN3O2+. The Labute approximate surface area is 160 Å². The Morgan fingerprint density at radius 3 is 2.52 bits per heavy atom. The van der Waals surface area contributed by atoms with E-state index in [-0.39, 0.29) is 17.8 Å². The number of benzene rings is 1. The lowest BCUT2D eigenvalue weighted by Gasteiger charge is -2.37. The van der Waals surface area contributed by atoms with Crippen molar-refractivity contribution in [2.75, 3.05) is 37.6 Å². The van der Waals surface area contributed by atoms with E-state index in [9.17, 15) is 9.18 Å². The molecule has 0 radical (unpaired) electrons. The number of carbonyl (C=O) groups is 1. The van der Waals surface area contributed by atoms with Gasteiger partial charge in [-0.15, -0.1) is 0 Å². The summed E-state index contributed by atoms with van der Waals surface area (Å²) in [5, 5.41) is 3.07. The highest BCUT2D eigenvalue weighted by Gasteiger charge is 2.31. The number of rotatable bonds is 7. The SMILES string of the molecule is CC(C)CC(=O)NC[C@H](c1ccco1)[NH+]1CCN(c2ccc(F)cc2)CC1. The third-order valence-corrected chi connectivity index (χ3v) is 5.07. The normalized spacial score (nSPS) is 16.5. The minimum atomic E-state index is -0.210. The second-order valence-electron chi connectivity index (χ2n) is 7.59. The average molecular weight is 374 g/mol. The zero-order valence-corrected chi connectivity index (χ0v) is 16.1. The highest BCUT2D eigenvalue weighted by Crippen LogP contribution is 2.16. The molecule has 6 heteroatoms. The molecule has 2 aromatic rings. The topological polar surface area (TPSA) is 49.9 Å². The van der Waals surface area contributed by atoms with Crippen LogP contribution in [0.15, 0.2) is 47.1 Å². The van der Waals surface area contributed by atoms with Crippen LogP contribution in [-0.4, -0.2) is 38.6 Å². The van der Waals surface area contributed by atoms with Crippen molar-refractivity contribution in [2.45, 2.75) is 26.3 Å². The van der Waals surface area contributed by atoms with E-state index in [0.29, 0.717) is 18.9 Å². The smallest absolute Gasteiger partial charge is 0.220 e. The third-order valence-electron chi connectivity index (χ3n) is 5.07. The number of nitrogens with one attached hydrogen (secondary N) is 2. The molecule has 2 N–H and O–H groups in total. The summed E-state index contributed by atoms with van der Waals surface area (Å²) in [5.74, 6) is 1.13. The first-order valence-corrected chi connectivity index (χ1v) is 9.68. The Morgan fingerprint density at radius 2 is 1.93 bits per heavy atom. The van der Waals surface area contributed by atoms with Gasteiger partial charge in [-0.2, -0.15) is 0 Å². The van der Waals surface area contributed by atoms with E-state index in [1.54, 1.807) is 6.26 Å². The van der Waals surface area contributed by atoms with Crippen molar-refractivity contribution in [3.05, 3.63) is 54.2 Å². The predicted octanol–water partition coefficient (Wildman–Crippen LogP) is 2.03. The first-order valence-electron chi connectivity index (χ1n) is 9.68. The zero-order valence-electron chi connectivity index (χ0n) is 16.1. The summed E-state index contributed by atoms with van der Waals surface area (Å²) in [5.41, 5.74) is 1.05. The third kappa shape index (κ3) is 5.32. The summed E-state index contributed by atoms with van der Waals surface area (Å²) in [6.07, 6.45) is 2.23. The molecule has 1 aromatic heterocycles. The minimum Gasteiger partial charge on any atom is -0.463 e. The van der Waals surface area contributed by atoms with Gasteiger partial charge in [-0.05, 0) is 42.3 Å². The molecule has 1 atom stereocenters. The largest absolute Gasteiger partial charge is 0.463 e. The summed E-state index contributed by atoms with van der Waals surface area (Å²) in [7, 11) is 0. The van der Waals surface area contributed by atoms with Crippen LogP contribution in [0.2, 0.25) is 0 Å². The molecule has 0 aliphatic carbocycles. The van der Waals surface area contributed by atoms with Crippen LogP contribution in [0.4, 0.5) is 10.1 Å². The molecule has 0 spiro atoms. The van der Waals surface area contributed by atoms with Crippen LogP contribution in [0, 0.1) is 11.7 Å². The molecule has 1 fully saturated rings. The summed E-state index contributed by atoms with van der Waals surface area (Å²) in [4.78, 5) is 15.8. The number of halogens is 1. The van der Waals surface area contributed by atoms with Crippen molar-refractivity contribution in [3.63, 3.8) is 0 Å². The van der Waals surface area contributed by atoms with Gasteiger partial charge in [0.1, 0.15) is 5.82 Å². The summed E-state index contributed by atoms with van der Waals surface area (Å²) in [6.45, 7) is 8.31. The molecule has 146 valence electrons. The highest BCUT2D eigenvalue weighted by atomic mass is 19.1. The van der Waals surface area contributed by atoms with Crippen LogP contribution >= 0.6 is 0 Å². The van der Waals surface area contributed by atoms with Crippen LogP contribution in [0.5, 0.6) is 0 Å². The number of piperazine rings is 1. The van der Waals surface area contributed by atoms with Gasteiger partial charge < -0.3 is 19.5 Å². The summed E-state index contributed by atoms with van der Waals surface area (Å²) in [6, 6.07) is 10.7. The van der Waals surface area contributed by atoms with Gasteiger partial charge in [-0.25, -0.2) is 4.39 Å². The number of hydrogen-bond donors (Lipinski definition) is 2. The van der Waals surface area contributed by atoms with Crippen LogP contribution < -0.4 is 15.1 Å². The number of carbonyl (C=O) groups excluding carboxylic acids is 1. The van der Waals surface area contributed by atoms with Crippen molar-refractivity contribution in [1.29, 1.82) is 0 Å². The first-order chi connectivity index (χ1) is 13.0. The maximum absolute atomic E-state index is 13.1. The minimum absolute atomic E-state index is 0.0888. The van der Waals surface area contributed by atoms with Crippen molar-refractivity contribution < 1.29 is 18.5 Å². The van der Waals surface area contributed by atoms with Crippen molar-refractivity contribution in [1.82, 2.24) is 5.32 Å². The maximum atomic E-state index is 13.1. The van der Waals surface area contributed by atoms with E-state index in [1.165, 1.54) is 17.0 Å². The second kappa shape index (κ2) is 9.04. The van der Waals surface area contributed by atoms with Crippen LogP contribution in [0.25, 0.3) is 0 Å².